The molecule has 1 aromatic heterocycles. The van der Waals surface area contributed by atoms with Crippen molar-refractivity contribution in [3.05, 3.63) is 70.3 Å². The summed E-state index contributed by atoms with van der Waals surface area (Å²) < 4.78 is 6.62. The van der Waals surface area contributed by atoms with Crippen LogP contribution in [0.2, 0.25) is 0 Å². The number of aryl methyl sites for hydroxylation is 1. The van der Waals surface area contributed by atoms with E-state index < -0.39 is 0 Å². The summed E-state index contributed by atoms with van der Waals surface area (Å²) in [6.45, 7) is 1.03. The maximum atomic E-state index is 13.0. The minimum Gasteiger partial charge on any atom is -0.497 e. The fraction of sp³-hybridized carbons (Fsp3) is 0.286. The molecule has 1 aliphatic heterocycles. The van der Waals surface area contributed by atoms with Gasteiger partial charge in [-0.1, -0.05) is 12.1 Å². The van der Waals surface area contributed by atoms with Gasteiger partial charge in [-0.15, -0.1) is 0 Å². The predicted molar refractivity (Wildman–Crippen MR) is 107 cm³/mol. The molecule has 7 nitrogen and oxygen atoms in total. The Morgan fingerprint density at radius 2 is 1.93 bits per heavy atom. The lowest BCUT2D eigenvalue weighted by molar-refractivity contribution is 0.0789. The van der Waals surface area contributed by atoms with Gasteiger partial charge in [0.25, 0.3) is 11.5 Å². The van der Waals surface area contributed by atoms with E-state index in [0.717, 1.165) is 11.3 Å². The van der Waals surface area contributed by atoms with Gasteiger partial charge in [0.15, 0.2) is 0 Å². The third-order valence-corrected chi connectivity index (χ3v) is 5.36. The highest BCUT2D eigenvalue weighted by molar-refractivity contribution is 5.97. The van der Waals surface area contributed by atoms with E-state index in [2.05, 4.69) is 4.98 Å². The van der Waals surface area contributed by atoms with E-state index in [1.807, 2.05) is 24.3 Å². The predicted octanol–water partition coefficient (Wildman–Crippen LogP) is 1.51. The zero-order chi connectivity index (χ0) is 19.8. The molecule has 2 N–H and O–H groups in total. The number of nitrogens with zero attached hydrogens (tertiary/aromatic N) is 3. The fourth-order valence-corrected chi connectivity index (χ4v) is 3.72. The standard InChI is InChI=1S/C21H22N4O3/c1-24-12-23-19-9-14(5-8-16(19)21(24)27)20(26)25-10-17(18(22)11-25)13-3-6-15(28-2)7-4-13/h3-9,12,17-18H,10-11,22H2,1-2H3. The van der Waals surface area contributed by atoms with Crippen molar-refractivity contribution in [2.24, 2.45) is 12.8 Å². The fourth-order valence-electron chi connectivity index (χ4n) is 3.72. The van der Waals surface area contributed by atoms with E-state index in [9.17, 15) is 9.59 Å². The number of fused-ring (bicyclic) bond motifs is 1. The molecule has 7 heteroatoms. The first-order chi connectivity index (χ1) is 13.5. The summed E-state index contributed by atoms with van der Waals surface area (Å²) in [4.78, 5) is 31.2. The van der Waals surface area contributed by atoms with Crippen LogP contribution in [0.25, 0.3) is 10.9 Å². The number of amides is 1. The Hall–Kier alpha value is -3.19. The van der Waals surface area contributed by atoms with Gasteiger partial charge in [-0.3, -0.25) is 9.59 Å². The number of benzene rings is 2. The van der Waals surface area contributed by atoms with Crippen LogP contribution in [0.4, 0.5) is 0 Å². The molecule has 2 unspecified atom stereocenters. The molecule has 2 heterocycles. The summed E-state index contributed by atoms with van der Waals surface area (Å²) in [6.07, 6.45) is 1.46. The molecule has 1 amide bonds. The first-order valence-corrected chi connectivity index (χ1v) is 9.12. The Morgan fingerprint density at radius 3 is 2.64 bits per heavy atom. The number of ether oxygens (including phenoxy) is 1. The van der Waals surface area contributed by atoms with E-state index in [-0.39, 0.29) is 23.4 Å². The summed E-state index contributed by atoms with van der Waals surface area (Å²) in [5.41, 5.74) is 8.32. The number of hydrogen-bond donors (Lipinski definition) is 1. The Bertz CT molecular complexity index is 1090. The van der Waals surface area contributed by atoms with Crippen molar-refractivity contribution in [3.8, 4) is 5.75 Å². The van der Waals surface area contributed by atoms with E-state index in [1.54, 1.807) is 37.3 Å². The van der Waals surface area contributed by atoms with Crippen LogP contribution < -0.4 is 16.0 Å². The molecule has 3 aromatic rings. The van der Waals surface area contributed by atoms with Crippen LogP contribution in [0.15, 0.2) is 53.6 Å². The SMILES string of the molecule is COc1ccc(C2CN(C(=O)c3ccc4c(=O)n(C)cnc4c3)CC2N)cc1. The largest absolute Gasteiger partial charge is 0.497 e. The number of likely N-dealkylation sites (tertiary alicyclic amines) is 1. The van der Waals surface area contributed by atoms with Crippen LogP contribution in [0.1, 0.15) is 21.8 Å². The summed E-state index contributed by atoms with van der Waals surface area (Å²) in [5, 5.41) is 0.496. The highest BCUT2D eigenvalue weighted by atomic mass is 16.5. The molecule has 0 aliphatic carbocycles. The zero-order valence-corrected chi connectivity index (χ0v) is 15.8. The minimum absolute atomic E-state index is 0.0701. The van der Waals surface area contributed by atoms with Gasteiger partial charge >= 0.3 is 0 Å². The smallest absolute Gasteiger partial charge is 0.260 e. The van der Waals surface area contributed by atoms with Crippen LogP contribution in [-0.2, 0) is 7.05 Å². The highest BCUT2D eigenvalue weighted by Crippen LogP contribution is 2.29. The molecule has 2 aromatic carbocycles. The van der Waals surface area contributed by atoms with E-state index in [4.69, 9.17) is 10.5 Å². The molecular formula is C21H22N4O3. The normalized spacial score (nSPS) is 19.2. The molecule has 144 valence electrons. The molecule has 0 radical (unpaired) electrons. The van der Waals surface area contributed by atoms with Gasteiger partial charge in [-0.2, -0.15) is 0 Å². The molecule has 1 aliphatic rings. The first-order valence-electron chi connectivity index (χ1n) is 9.12. The Labute approximate surface area is 162 Å². The van der Waals surface area contributed by atoms with Crippen molar-refractivity contribution in [2.45, 2.75) is 12.0 Å². The lowest BCUT2D eigenvalue weighted by Crippen LogP contribution is -2.32. The Kier molecular flexibility index (Phi) is 4.60. The van der Waals surface area contributed by atoms with Crippen molar-refractivity contribution >= 4 is 16.8 Å². The van der Waals surface area contributed by atoms with Crippen LogP contribution in [0.5, 0.6) is 5.75 Å². The van der Waals surface area contributed by atoms with Gasteiger partial charge in [0.1, 0.15) is 5.75 Å². The molecule has 1 fully saturated rings. The summed E-state index contributed by atoms with van der Waals surface area (Å²) in [7, 11) is 3.28. The van der Waals surface area contributed by atoms with Gasteiger partial charge in [-0.25, -0.2) is 4.98 Å². The average Bonchev–Trinajstić information content (AvgIpc) is 3.11. The van der Waals surface area contributed by atoms with Crippen molar-refractivity contribution in [1.29, 1.82) is 0 Å². The van der Waals surface area contributed by atoms with Gasteiger partial charge in [0.2, 0.25) is 0 Å². The first kappa shape index (κ1) is 18.2. The molecular weight excluding hydrogens is 356 g/mol. The second kappa shape index (κ2) is 7.09. The van der Waals surface area contributed by atoms with Crippen molar-refractivity contribution in [3.63, 3.8) is 0 Å². The van der Waals surface area contributed by atoms with Crippen molar-refractivity contribution in [1.82, 2.24) is 14.5 Å². The molecule has 1 saturated heterocycles. The number of carbonyl (C=O) groups is 1. The monoisotopic (exact) mass is 378 g/mol. The van der Waals surface area contributed by atoms with Gasteiger partial charge in [0.05, 0.1) is 24.3 Å². The van der Waals surface area contributed by atoms with Crippen LogP contribution in [0, 0.1) is 0 Å². The number of rotatable bonds is 3. The zero-order valence-electron chi connectivity index (χ0n) is 15.8. The van der Waals surface area contributed by atoms with Gasteiger partial charge < -0.3 is 19.9 Å². The van der Waals surface area contributed by atoms with Crippen molar-refractivity contribution in [2.75, 3.05) is 20.2 Å². The van der Waals surface area contributed by atoms with E-state index in [0.29, 0.717) is 29.6 Å². The number of methoxy groups -OCH3 is 1. The lowest BCUT2D eigenvalue weighted by atomic mass is 9.95. The third kappa shape index (κ3) is 3.14. The van der Waals surface area contributed by atoms with E-state index in [1.165, 1.54) is 10.9 Å². The average molecular weight is 378 g/mol. The summed E-state index contributed by atoms with van der Waals surface area (Å²) >= 11 is 0. The highest BCUT2D eigenvalue weighted by Gasteiger charge is 2.34. The quantitative estimate of drug-likeness (QED) is 0.746. The third-order valence-electron chi connectivity index (χ3n) is 5.36. The number of aromatic nitrogens is 2. The number of hydrogen-bond acceptors (Lipinski definition) is 5. The minimum atomic E-state index is -0.136. The molecule has 4 rings (SSSR count). The van der Waals surface area contributed by atoms with Gasteiger partial charge in [-0.05, 0) is 35.9 Å². The number of nitrogens with two attached hydrogens (primary N) is 1. The number of carbonyl (C=O) groups excluding carboxylic acids is 1. The van der Waals surface area contributed by atoms with Gasteiger partial charge in [0, 0.05) is 37.7 Å². The van der Waals surface area contributed by atoms with Crippen LogP contribution in [-0.4, -0.2) is 46.6 Å². The Balaban J connectivity index is 1.57. The van der Waals surface area contributed by atoms with Crippen LogP contribution >= 0.6 is 0 Å². The maximum Gasteiger partial charge on any atom is 0.260 e. The summed E-state index contributed by atoms with van der Waals surface area (Å²) in [6, 6.07) is 12.7. The topological polar surface area (TPSA) is 90.5 Å². The van der Waals surface area contributed by atoms with E-state index >= 15 is 0 Å². The van der Waals surface area contributed by atoms with Crippen molar-refractivity contribution < 1.29 is 9.53 Å². The molecule has 0 bridgehead atoms. The molecule has 2 atom stereocenters. The lowest BCUT2D eigenvalue weighted by Gasteiger charge is -2.17. The Morgan fingerprint density at radius 1 is 1.18 bits per heavy atom. The second-order valence-corrected chi connectivity index (χ2v) is 7.15. The summed E-state index contributed by atoms with van der Waals surface area (Å²) in [5.74, 6) is 0.759. The van der Waals surface area contributed by atoms with Crippen LogP contribution in [0.3, 0.4) is 0 Å². The molecule has 0 saturated carbocycles. The second-order valence-electron chi connectivity index (χ2n) is 7.15. The molecule has 28 heavy (non-hydrogen) atoms. The maximum absolute atomic E-state index is 13.0. The molecule has 0 spiro atoms.